The molecule has 0 unspecified atom stereocenters. The Bertz CT molecular complexity index is 727. The van der Waals surface area contributed by atoms with E-state index in [1.54, 1.807) is 18.8 Å². The Kier molecular flexibility index (Phi) is 2.87. The highest BCUT2D eigenvalue weighted by Crippen LogP contribution is 2.36. The normalized spacial score (nSPS) is 17.3. The molecule has 0 saturated heterocycles. The van der Waals surface area contributed by atoms with Crippen molar-refractivity contribution in [1.29, 1.82) is 0 Å². The number of H-pyrrole nitrogens is 1. The summed E-state index contributed by atoms with van der Waals surface area (Å²) in [7, 11) is 0. The second-order valence-corrected chi connectivity index (χ2v) is 5.72. The molecule has 1 fully saturated rings. The van der Waals surface area contributed by atoms with Gasteiger partial charge in [0, 0.05) is 12.0 Å². The monoisotopic (exact) mass is 283 g/mol. The van der Waals surface area contributed by atoms with E-state index in [0.717, 1.165) is 41.9 Å². The van der Waals surface area contributed by atoms with Crippen LogP contribution in [0, 0.1) is 0 Å². The number of nitrogens with zero attached hydrogens (tertiary/aromatic N) is 3. The molecule has 0 aliphatic heterocycles. The van der Waals surface area contributed by atoms with Gasteiger partial charge in [-0.3, -0.25) is 5.10 Å². The Morgan fingerprint density at radius 3 is 3.00 bits per heavy atom. The standard InChI is InChI=1S/C15H17N5O/c1-2-6-15(5-1,8-11-4-3-7-21-11)19-13-12-9-18-20-14(12)17-10-16-13/h3-4,7,9-10H,1-2,5-6,8H2,(H2,16,17,18,19,20). The third kappa shape index (κ3) is 2.26. The maximum atomic E-state index is 5.54. The first-order chi connectivity index (χ1) is 10.3. The van der Waals surface area contributed by atoms with Crippen LogP contribution in [0.25, 0.3) is 11.0 Å². The molecule has 0 bridgehead atoms. The van der Waals surface area contributed by atoms with Crippen LogP contribution < -0.4 is 5.32 Å². The van der Waals surface area contributed by atoms with Crippen LogP contribution in [0.1, 0.15) is 31.4 Å². The van der Waals surface area contributed by atoms with Crippen LogP contribution in [-0.4, -0.2) is 25.7 Å². The number of furan rings is 1. The summed E-state index contributed by atoms with van der Waals surface area (Å²) in [5.41, 5.74) is 0.773. The van der Waals surface area contributed by atoms with E-state index in [0.29, 0.717) is 0 Å². The molecule has 6 heteroatoms. The van der Waals surface area contributed by atoms with Gasteiger partial charge in [-0.2, -0.15) is 5.10 Å². The van der Waals surface area contributed by atoms with Gasteiger partial charge >= 0.3 is 0 Å². The molecule has 3 aromatic heterocycles. The van der Waals surface area contributed by atoms with Crippen LogP contribution in [0.4, 0.5) is 5.82 Å². The van der Waals surface area contributed by atoms with E-state index in [4.69, 9.17) is 4.42 Å². The van der Waals surface area contributed by atoms with Crippen LogP contribution in [0.3, 0.4) is 0 Å². The van der Waals surface area contributed by atoms with Gasteiger partial charge < -0.3 is 9.73 Å². The first-order valence-electron chi connectivity index (χ1n) is 7.29. The fraction of sp³-hybridized carbons (Fsp3) is 0.400. The molecule has 1 aliphatic carbocycles. The molecule has 4 rings (SSSR count). The molecule has 0 aromatic carbocycles. The molecule has 21 heavy (non-hydrogen) atoms. The Morgan fingerprint density at radius 2 is 2.19 bits per heavy atom. The molecule has 3 heterocycles. The molecule has 0 atom stereocenters. The van der Waals surface area contributed by atoms with Crippen molar-refractivity contribution in [3.63, 3.8) is 0 Å². The van der Waals surface area contributed by atoms with Crippen molar-refractivity contribution in [3.8, 4) is 0 Å². The largest absolute Gasteiger partial charge is 0.469 e. The highest BCUT2D eigenvalue weighted by Gasteiger charge is 2.35. The highest BCUT2D eigenvalue weighted by molar-refractivity contribution is 5.85. The van der Waals surface area contributed by atoms with Gasteiger partial charge in [0.1, 0.15) is 17.9 Å². The average molecular weight is 283 g/mol. The van der Waals surface area contributed by atoms with Crippen LogP contribution in [0.15, 0.2) is 35.3 Å². The zero-order valence-electron chi connectivity index (χ0n) is 11.7. The zero-order valence-corrected chi connectivity index (χ0v) is 11.7. The fourth-order valence-electron chi connectivity index (χ4n) is 3.26. The predicted octanol–water partition coefficient (Wildman–Crippen LogP) is 2.91. The number of fused-ring (bicyclic) bond motifs is 1. The first-order valence-corrected chi connectivity index (χ1v) is 7.29. The summed E-state index contributed by atoms with van der Waals surface area (Å²) in [5.74, 6) is 1.86. The Morgan fingerprint density at radius 1 is 1.29 bits per heavy atom. The van der Waals surface area contributed by atoms with E-state index in [1.807, 2.05) is 12.1 Å². The van der Waals surface area contributed by atoms with E-state index < -0.39 is 0 Å². The Balaban J connectivity index is 1.67. The zero-order chi connectivity index (χ0) is 14.1. The molecule has 0 radical (unpaired) electrons. The van der Waals surface area contributed by atoms with Crippen molar-refractivity contribution in [2.24, 2.45) is 0 Å². The minimum atomic E-state index is 0.0103. The van der Waals surface area contributed by atoms with Gasteiger partial charge in [0.05, 0.1) is 17.8 Å². The van der Waals surface area contributed by atoms with Crippen molar-refractivity contribution in [3.05, 3.63) is 36.7 Å². The number of aromatic nitrogens is 4. The summed E-state index contributed by atoms with van der Waals surface area (Å²) < 4.78 is 5.54. The van der Waals surface area contributed by atoms with Crippen molar-refractivity contribution < 1.29 is 4.42 Å². The van der Waals surface area contributed by atoms with Crippen molar-refractivity contribution >= 4 is 16.9 Å². The number of hydrogen-bond donors (Lipinski definition) is 2. The van der Waals surface area contributed by atoms with Gasteiger partial charge in [0.25, 0.3) is 0 Å². The van der Waals surface area contributed by atoms with Gasteiger partial charge in [-0.05, 0) is 25.0 Å². The van der Waals surface area contributed by atoms with E-state index >= 15 is 0 Å². The summed E-state index contributed by atoms with van der Waals surface area (Å²) in [6.45, 7) is 0. The maximum Gasteiger partial charge on any atom is 0.160 e. The highest BCUT2D eigenvalue weighted by atomic mass is 16.3. The summed E-state index contributed by atoms with van der Waals surface area (Å²) in [6, 6.07) is 3.98. The van der Waals surface area contributed by atoms with Crippen LogP contribution >= 0.6 is 0 Å². The maximum absolute atomic E-state index is 5.54. The molecule has 0 amide bonds. The number of aromatic amines is 1. The summed E-state index contributed by atoms with van der Waals surface area (Å²) >= 11 is 0. The summed E-state index contributed by atoms with van der Waals surface area (Å²) in [5, 5.41) is 11.5. The SMILES string of the molecule is c1coc(CC2(Nc3ncnc4[nH]ncc34)CCCC2)c1. The minimum Gasteiger partial charge on any atom is -0.469 e. The van der Waals surface area contributed by atoms with Gasteiger partial charge in [0.2, 0.25) is 0 Å². The van der Waals surface area contributed by atoms with Crippen molar-refractivity contribution in [2.75, 3.05) is 5.32 Å². The second kappa shape index (κ2) is 4.87. The van der Waals surface area contributed by atoms with Crippen LogP contribution in [0.2, 0.25) is 0 Å². The Hall–Kier alpha value is -2.37. The lowest BCUT2D eigenvalue weighted by atomic mass is 9.91. The number of anilines is 1. The average Bonchev–Trinajstić information content (AvgIpc) is 3.20. The number of nitrogens with one attached hydrogen (secondary N) is 2. The van der Waals surface area contributed by atoms with Crippen molar-refractivity contribution in [2.45, 2.75) is 37.6 Å². The van der Waals surface area contributed by atoms with E-state index in [1.165, 1.54) is 12.8 Å². The quantitative estimate of drug-likeness (QED) is 0.769. The lowest BCUT2D eigenvalue weighted by Gasteiger charge is -2.30. The van der Waals surface area contributed by atoms with Gasteiger partial charge in [-0.15, -0.1) is 0 Å². The molecular formula is C15H17N5O. The summed E-state index contributed by atoms with van der Waals surface area (Å²) in [6.07, 6.45) is 10.7. The van der Waals surface area contributed by atoms with Gasteiger partial charge in [-0.25, -0.2) is 9.97 Å². The second-order valence-electron chi connectivity index (χ2n) is 5.72. The molecule has 1 saturated carbocycles. The van der Waals surface area contributed by atoms with E-state index in [-0.39, 0.29) is 5.54 Å². The molecule has 3 aromatic rings. The molecule has 6 nitrogen and oxygen atoms in total. The van der Waals surface area contributed by atoms with Gasteiger partial charge in [-0.1, -0.05) is 12.8 Å². The fourth-order valence-corrected chi connectivity index (χ4v) is 3.26. The Labute approximate surface area is 122 Å². The lowest BCUT2D eigenvalue weighted by Crippen LogP contribution is -2.37. The topological polar surface area (TPSA) is 79.6 Å². The van der Waals surface area contributed by atoms with Gasteiger partial charge in [0.15, 0.2) is 5.65 Å². The van der Waals surface area contributed by atoms with Crippen LogP contribution in [-0.2, 0) is 6.42 Å². The van der Waals surface area contributed by atoms with Crippen molar-refractivity contribution in [1.82, 2.24) is 20.2 Å². The lowest BCUT2D eigenvalue weighted by molar-refractivity contribution is 0.412. The van der Waals surface area contributed by atoms with E-state index in [2.05, 4.69) is 25.5 Å². The van der Waals surface area contributed by atoms with E-state index in [9.17, 15) is 0 Å². The molecular weight excluding hydrogens is 266 g/mol. The molecule has 2 N–H and O–H groups in total. The van der Waals surface area contributed by atoms with Crippen LogP contribution in [0.5, 0.6) is 0 Å². The number of hydrogen-bond acceptors (Lipinski definition) is 5. The predicted molar refractivity (Wildman–Crippen MR) is 78.9 cm³/mol. The molecule has 0 spiro atoms. The minimum absolute atomic E-state index is 0.0103. The smallest absolute Gasteiger partial charge is 0.160 e. The molecule has 108 valence electrons. The number of rotatable bonds is 4. The molecule has 1 aliphatic rings. The summed E-state index contributed by atoms with van der Waals surface area (Å²) in [4.78, 5) is 8.59. The first kappa shape index (κ1) is 12.4. The third-order valence-electron chi connectivity index (χ3n) is 4.28. The third-order valence-corrected chi connectivity index (χ3v) is 4.28.